The molecule has 3 aromatic rings. The third-order valence-corrected chi connectivity index (χ3v) is 4.15. The number of benzene rings is 2. The molecule has 0 unspecified atom stereocenters. The fourth-order valence-corrected chi connectivity index (χ4v) is 2.86. The number of allylic oxidation sites excluding steroid dienone is 1. The Morgan fingerprint density at radius 1 is 1.19 bits per heavy atom. The molecule has 27 heavy (non-hydrogen) atoms. The Hall–Kier alpha value is -3.44. The number of nitrogens with zero attached hydrogens (tertiary/aromatic N) is 4. The van der Waals surface area contributed by atoms with Crippen LogP contribution in [0.1, 0.15) is 11.4 Å². The lowest BCUT2D eigenvalue weighted by atomic mass is 10.1. The van der Waals surface area contributed by atoms with E-state index in [0.29, 0.717) is 5.75 Å². The summed E-state index contributed by atoms with van der Waals surface area (Å²) in [6.45, 7) is 0. The standard InChI is InChI=1S/C19H15BrN6O/c1-27-16-8-7-12(10-15(16)20)9-13(11-21)17-24-18(22)26-19(25-17)23-14-5-3-2-4-6-14/h2-10H,1H3,(H3,22,23,24,25,26)/b13-9+. The van der Waals surface area contributed by atoms with E-state index in [1.165, 1.54) is 0 Å². The van der Waals surface area contributed by atoms with Gasteiger partial charge >= 0.3 is 0 Å². The molecule has 0 fully saturated rings. The molecule has 1 heterocycles. The van der Waals surface area contributed by atoms with E-state index in [1.54, 1.807) is 19.3 Å². The number of rotatable bonds is 5. The average Bonchev–Trinajstić information content (AvgIpc) is 2.66. The number of aromatic nitrogens is 3. The number of hydrogen-bond acceptors (Lipinski definition) is 7. The molecule has 0 saturated heterocycles. The van der Waals surface area contributed by atoms with Crippen molar-refractivity contribution in [2.24, 2.45) is 0 Å². The maximum absolute atomic E-state index is 9.57. The van der Waals surface area contributed by atoms with Crippen molar-refractivity contribution in [2.45, 2.75) is 0 Å². The Morgan fingerprint density at radius 2 is 1.96 bits per heavy atom. The number of hydrogen-bond donors (Lipinski definition) is 2. The normalized spacial score (nSPS) is 10.9. The van der Waals surface area contributed by atoms with Gasteiger partial charge in [-0.15, -0.1) is 0 Å². The number of nitrogen functional groups attached to an aromatic ring is 1. The molecule has 7 nitrogen and oxygen atoms in total. The molecule has 0 atom stereocenters. The summed E-state index contributed by atoms with van der Waals surface area (Å²) in [5.74, 6) is 1.18. The number of nitriles is 1. The van der Waals surface area contributed by atoms with Gasteiger partial charge in [-0.2, -0.15) is 20.2 Å². The van der Waals surface area contributed by atoms with Gasteiger partial charge in [-0.25, -0.2) is 0 Å². The Morgan fingerprint density at radius 3 is 2.63 bits per heavy atom. The molecule has 0 radical (unpaired) electrons. The van der Waals surface area contributed by atoms with Crippen LogP contribution in [0.2, 0.25) is 0 Å². The van der Waals surface area contributed by atoms with Crippen molar-refractivity contribution in [3.05, 3.63) is 64.4 Å². The smallest absolute Gasteiger partial charge is 0.232 e. The van der Waals surface area contributed by atoms with Gasteiger partial charge in [0.25, 0.3) is 0 Å². The van der Waals surface area contributed by atoms with Crippen LogP contribution < -0.4 is 15.8 Å². The second-order valence-corrected chi connectivity index (χ2v) is 6.25. The van der Waals surface area contributed by atoms with Crippen LogP contribution in [0, 0.1) is 11.3 Å². The molecule has 3 N–H and O–H groups in total. The maximum Gasteiger partial charge on any atom is 0.232 e. The maximum atomic E-state index is 9.57. The predicted octanol–water partition coefficient (Wildman–Crippen LogP) is 4.03. The van der Waals surface area contributed by atoms with E-state index in [9.17, 15) is 5.26 Å². The molecule has 3 rings (SSSR count). The summed E-state index contributed by atoms with van der Waals surface area (Å²) in [6.07, 6.45) is 1.67. The van der Waals surface area contributed by atoms with Gasteiger partial charge in [-0.3, -0.25) is 0 Å². The van der Waals surface area contributed by atoms with E-state index in [2.05, 4.69) is 42.3 Å². The van der Waals surface area contributed by atoms with Gasteiger partial charge in [0.15, 0.2) is 5.82 Å². The van der Waals surface area contributed by atoms with Gasteiger partial charge in [0.05, 0.1) is 17.2 Å². The fraction of sp³-hybridized carbons (Fsp3) is 0.0526. The summed E-state index contributed by atoms with van der Waals surface area (Å²) in [5, 5.41) is 12.6. The van der Waals surface area contributed by atoms with Crippen molar-refractivity contribution >= 4 is 45.2 Å². The summed E-state index contributed by atoms with van der Waals surface area (Å²) in [6, 6.07) is 17.0. The molecule has 0 saturated carbocycles. The molecule has 2 aromatic carbocycles. The van der Waals surface area contributed by atoms with Crippen LogP contribution in [0.25, 0.3) is 11.6 Å². The van der Waals surface area contributed by atoms with E-state index in [4.69, 9.17) is 10.5 Å². The van der Waals surface area contributed by atoms with Crippen LogP contribution >= 0.6 is 15.9 Å². The third kappa shape index (κ3) is 4.59. The van der Waals surface area contributed by atoms with Crippen LogP contribution in [0.15, 0.2) is 53.0 Å². The average molecular weight is 423 g/mol. The van der Waals surface area contributed by atoms with Gasteiger partial charge in [-0.1, -0.05) is 24.3 Å². The van der Waals surface area contributed by atoms with Crippen molar-refractivity contribution in [1.29, 1.82) is 5.26 Å². The minimum absolute atomic E-state index is 0.0236. The van der Waals surface area contributed by atoms with Crippen molar-refractivity contribution < 1.29 is 4.74 Å². The largest absolute Gasteiger partial charge is 0.496 e. The highest BCUT2D eigenvalue weighted by atomic mass is 79.9. The topological polar surface area (TPSA) is 110 Å². The van der Waals surface area contributed by atoms with Crippen LogP contribution in [-0.2, 0) is 0 Å². The van der Waals surface area contributed by atoms with Crippen LogP contribution in [0.3, 0.4) is 0 Å². The minimum Gasteiger partial charge on any atom is -0.496 e. The van der Waals surface area contributed by atoms with Gasteiger partial charge in [0.2, 0.25) is 11.9 Å². The Bertz CT molecular complexity index is 1030. The molecular formula is C19H15BrN6O. The van der Waals surface area contributed by atoms with Crippen LogP contribution in [0.5, 0.6) is 5.75 Å². The van der Waals surface area contributed by atoms with Crippen LogP contribution in [-0.4, -0.2) is 22.1 Å². The van der Waals surface area contributed by atoms with E-state index in [-0.39, 0.29) is 23.3 Å². The molecular weight excluding hydrogens is 408 g/mol. The summed E-state index contributed by atoms with van der Waals surface area (Å²) in [4.78, 5) is 12.5. The second kappa shape index (κ2) is 8.29. The summed E-state index contributed by atoms with van der Waals surface area (Å²) < 4.78 is 5.99. The van der Waals surface area contributed by atoms with Crippen molar-refractivity contribution in [3.8, 4) is 11.8 Å². The lowest BCUT2D eigenvalue weighted by Crippen LogP contribution is -2.06. The molecule has 1 aromatic heterocycles. The van der Waals surface area contributed by atoms with Crippen molar-refractivity contribution in [1.82, 2.24) is 15.0 Å². The van der Waals surface area contributed by atoms with Crippen molar-refractivity contribution in [3.63, 3.8) is 0 Å². The number of nitrogens with one attached hydrogen (secondary N) is 1. The number of para-hydroxylation sites is 1. The number of ether oxygens (including phenoxy) is 1. The summed E-state index contributed by atoms with van der Waals surface area (Å²) in [5.41, 5.74) is 7.65. The first-order valence-corrected chi connectivity index (χ1v) is 8.67. The number of nitrogens with two attached hydrogens (primary N) is 1. The zero-order valence-corrected chi connectivity index (χ0v) is 15.9. The highest BCUT2D eigenvalue weighted by Crippen LogP contribution is 2.27. The molecule has 134 valence electrons. The van der Waals surface area contributed by atoms with Gasteiger partial charge in [0.1, 0.15) is 11.8 Å². The van der Waals surface area contributed by atoms with E-state index in [1.807, 2.05) is 42.5 Å². The first-order valence-electron chi connectivity index (χ1n) is 7.88. The molecule has 0 aliphatic carbocycles. The third-order valence-electron chi connectivity index (χ3n) is 3.53. The van der Waals surface area contributed by atoms with Crippen molar-refractivity contribution in [2.75, 3.05) is 18.2 Å². The monoisotopic (exact) mass is 422 g/mol. The highest BCUT2D eigenvalue weighted by Gasteiger charge is 2.10. The highest BCUT2D eigenvalue weighted by molar-refractivity contribution is 9.10. The van der Waals surface area contributed by atoms with Gasteiger partial charge in [-0.05, 0) is 51.8 Å². The molecule has 0 aliphatic heterocycles. The predicted molar refractivity (Wildman–Crippen MR) is 108 cm³/mol. The van der Waals surface area contributed by atoms with Gasteiger partial charge in [0, 0.05) is 5.69 Å². The molecule has 0 amide bonds. The lowest BCUT2D eigenvalue weighted by molar-refractivity contribution is 0.412. The van der Waals surface area contributed by atoms with E-state index >= 15 is 0 Å². The fourth-order valence-electron chi connectivity index (χ4n) is 2.31. The number of anilines is 3. The second-order valence-electron chi connectivity index (χ2n) is 5.40. The Labute approximate surface area is 164 Å². The van der Waals surface area contributed by atoms with Gasteiger partial charge < -0.3 is 15.8 Å². The first-order chi connectivity index (χ1) is 13.1. The SMILES string of the molecule is COc1ccc(/C=C(\C#N)c2nc(N)nc(Nc3ccccc3)n2)cc1Br. The molecule has 0 aliphatic rings. The zero-order chi connectivity index (χ0) is 19.2. The molecule has 0 spiro atoms. The summed E-state index contributed by atoms with van der Waals surface area (Å²) in [7, 11) is 1.59. The Balaban J connectivity index is 1.95. The zero-order valence-electron chi connectivity index (χ0n) is 14.3. The first kappa shape index (κ1) is 18.4. The molecule has 0 bridgehead atoms. The molecule has 8 heteroatoms. The quantitative estimate of drug-likeness (QED) is 0.596. The Kier molecular flexibility index (Phi) is 5.64. The minimum atomic E-state index is 0.0236. The number of halogens is 1. The van der Waals surface area contributed by atoms with E-state index < -0.39 is 0 Å². The van der Waals surface area contributed by atoms with Crippen LogP contribution in [0.4, 0.5) is 17.6 Å². The lowest BCUT2D eigenvalue weighted by Gasteiger charge is -2.07. The summed E-state index contributed by atoms with van der Waals surface area (Å²) >= 11 is 3.43. The number of methoxy groups -OCH3 is 1. The van der Waals surface area contributed by atoms with E-state index in [0.717, 1.165) is 15.7 Å².